The van der Waals surface area contributed by atoms with Crippen molar-refractivity contribution in [1.29, 1.82) is 0 Å². The molecule has 1 amide bonds. The van der Waals surface area contributed by atoms with Crippen molar-refractivity contribution in [3.05, 3.63) is 18.2 Å². The molecular weight excluding hydrogens is 216 g/mol. The summed E-state index contributed by atoms with van der Waals surface area (Å²) in [5, 5.41) is 6.15. The number of hydrogen-bond acceptors (Lipinski definition) is 3. The van der Waals surface area contributed by atoms with Gasteiger partial charge < -0.3 is 15.2 Å². The summed E-state index contributed by atoms with van der Waals surface area (Å²) in [6.45, 7) is 5.58. The smallest absolute Gasteiger partial charge is 0.220 e. The fraction of sp³-hybridized carbons (Fsp3) is 0.667. The molecule has 17 heavy (non-hydrogen) atoms. The van der Waals surface area contributed by atoms with Crippen LogP contribution in [0.25, 0.3) is 0 Å². The first-order chi connectivity index (χ1) is 8.09. The van der Waals surface area contributed by atoms with Gasteiger partial charge in [0.2, 0.25) is 5.91 Å². The van der Waals surface area contributed by atoms with Gasteiger partial charge in [0.15, 0.2) is 0 Å². The van der Waals surface area contributed by atoms with E-state index in [0.717, 1.165) is 18.8 Å². The Bertz CT molecular complexity index is 346. The third-order valence-corrected chi connectivity index (χ3v) is 2.50. The largest absolute Gasteiger partial charge is 0.349 e. The highest BCUT2D eigenvalue weighted by atomic mass is 16.1. The molecule has 0 saturated heterocycles. The first-order valence-electron chi connectivity index (χ1n) is 6.06. The van der Waals surface area contributed by atoms with E-state index in [4.69, 9.17) is 0 Å². The van der Waals surface area contributed by atoms with Gasteiger partial charge in [0.25, 0.3) is 0 Å². The zero-order valence-electron chi connectivity index (χ0n) is 10.9. The summed E-state index contributed by atoms with van der Waals surface area (Å²) in [6, 6.07) is 0.477. The summed E-state index contributed by atoms with van der Waals surface area (Å²) < 4.78 is 1.90. The number of carbonyl (C=O) groups is 1. The van der Waals surface area contributed by atoms with Crippen molar-refractivity contribution in [3.8, 4) is 0 Å². The molecule has 0 fully saturated rings. The maximum Gasteiger partial charge on any atom is 0.220 e. The van der Waals surface area contributed by atoms with Crippen LogP contribution in [0.2, 0.25) is 0 Å². The summed E-state index contributed by atoms with van der Waals surface area (Å²) in [5.41, 5.74) is 0. The van der Waals surface area contributed by atoms with Crippen molar-refractivity contribution in [1.82, 2.24) is 20.2 Å². The lowest BCUT2D eigenvalue weighted by molar-refractivity contribution is -0.121. The Balaban J connectivity index is 2.11. The van der Waals surface area contributed by atoms with Gasteiger partial charge in [0, 0.05) is 31.9 Å². The summed E-state index contributed by atoms with van der Waals surface area (Å²) in [4.78, 5) is 15.7. The van der Waals surface area contributed by atoms with E-state index in [0.29, 0.717) is 19.0 Å². The summed E-state index contributed by atoms with van der Waals surface area (Å²) >= 11 is 0. The van der Waals surface area contributed by atoms with Crippen molar-refractivity contribution in [2.75, 3.05) is 6.54 Å². The van der Waals surface area contributed by atoms with E-state index in [2.05, 4.69) is 29.5 Å². The molecule has 0 aliphatic rings. The van der Waals surface area contributed by atoms with E-state index in [9.17, 15) is 4.79 Å². The fourth-order valence-corrected chi connectivity index (χ4v) is 1.47. The van der Waals surface area contributed by atoms with Gasteiger partial charge in [-0.15, -0.1) is 0 Å². The molecule has 0 saturated carbocycles. The van der Waals surface area contributed by atoms with Crippen LogP contribution in [-0.4, -0.2) is 28.0 Å². The van der Waals surface area contributed by atoms with Gasteiger partial charge in [0.1, 0.15) is 5.82 Å². The van der Waals surface area contributed by atoms with Crippen LogP contribution in [0.5, 0.6) is 0 Å². The molecule has 1 aromatic heterocycles. The number of carbonyl (C=O) groups excluding carboxylic acids is 1. The maximum absolute atomic E-state index is 11.5. The maximum atomic E-state index is 11.5. The normalized spacial score (nSPS) is 10.8. The van der Waals surface area contributed by atoms with Crippen LogP contribution in [0.1, 0.15) is 32.5 Å². The summed E-state index contributed by atoms with van der Waals surface area (Å²) in [6.07, 6.45) is 5.02. The molecule has 0 aromatic carbocycles. The molecule has 0 aliphatic heterocycles. The Morgan fingerprint density at radius 2 is 2.29 bits per heavy atom. The number of imidazole rings is 1. The molecule has 1 aromatic rings. The molecule has 0 unspecified atom stereocenters. The molecule has 0 aliphatic carbocycles. The lowest BCUT2D eigenvalue weighted by Crippen LogP contribution is -2.27. The zero-order chi connectivity index (χ0) is 12.7. The van der Waals surface area contributed by atoms with Crippen LogP contribution >= 0.6 is 0 Å². The standard InChI is InChI=1S/C12H22N4O/c1-10(2)13-6-4-5-12(17)15-9-11-14-7-8-16(11)3/h7-8,10,13H,4-6,9H2,1-3H3,(H,15,17). The van der Waals surface area contributed by atoms with Gasteiger partial charge >= 0.3 is 0 Å². The number of nitrogens with one attached hydrogen (secondary N) is 2. The fourth-order valence-electron chi connectivity index (χ4n) is 1.47. The second-order valence-corrected chi connectivity index (χ2v) is 4.44. The van der Waals surface area contributed by atoms with E-state index in [-0.39, 0.29) is 5.91 Å². The van der Waals surface area contributed by atoms with E-state index < -0.39 is 0 Å². The Morgan fingerprint density at radius 3 is 2.88 bits per heavy atom. The molecule has 2 N–H and O–H groups in total. The Morgan fingerprint density at radius 1 is 1.53 bits per heavy atom. The number of hydrogen-bond donors (Lipinski definition) is 2. The van der Waals surface area contributed by atoms with Crippen molar-refractivity contribution >= 4 is 5.91 Å². The van der Waals surface area contributed by atoms with E-state index in [1.807, 2.05) is 17.8 Å². The first-order valence-corrected chi connectivity index (χ1v) is 6.06. The van der Waals surface area contributed by atoms with Gasteiger partial charge in [-0.3, -0.25) is 4.79 Å². The predicted octanol–water partition coefficient (Wildman–Crippen LogP) is 0.814. The van der Waals surface area contributed by atoms with Gasteiger partial charge in [-0.25, -0.2) is 4.98 Å². The SMILES string of the molecule is CC(C)NCCCC(=O)NCc1nccn1C. The minimum Gasteiger partial charge on any atom is -0.349 e. The third-order valence-electron chi connectivity index (χ3n) is 2.50. The molecule has 1 rings (SSSR count). The first kappa shape index (κ1) is 13.7. The minimum atomic E-state index is 0.0820. The molecule has 96 valence electrons. The molecular formula is C12H22N4O. The average Bonchev–Trinajstić information content (AvgIpc) is 2.67. The molecule has 1 heterocycles. The molecule has 0 spiro atoms. The Kier molecular flexibility index (Phi) is 5.69. The van der Waals surface area contributed by atoms with Gasteiger partial charge in [-0.2, -0.15) is 0 Å². The van der Waals surface area contributed by atoms with Crippen molar-refractivity contribution in [3.63, 3.8) is 0 Å². The molecule has 5 heteroatoms. The van der Waals surface area contributed by atoms with Gasteiger partial charge in [-0.1, -0.05) is 13.8 Å². The van der Waals surface area contributed by atoms with Crippen LogP contribution in [0.15, 0.2) is 12.4 Å². The quantitative estimate of drug-likeness (QED) is 0.691. The molecule has 0 atom stereocenters. The number of aromatic nitrogens is 2. The molecule has 0 radical (unpaired) electrons. The van der Waals surface area contributed by atoms with Gasteiger partial charge in [0.05, 0.1) is 6.54 Å². The van der Waals surface area contributed by atoms with Crippen molar-refractivity contribution < 1.29 is 4.79 Å². The molecule has 0 bridgehead atoms. The number of aryl methyl sites for hydroxylation is 1. The average molecular weight is 238 g/mol. The number of rotatable bonds is 7. The predicted molar refractivity (Wildman–Crippen MR) is 67.4 cm³/mol. The van der Waals surface area contributed by atoms with E-state index in [1.54, 1.807) is 6.20 Å². The van der Waals surface area contributed by atoms with Crippen LogP contribution in [0.4, 0.5) is 0 Å². The van der Waals surface area contributed by atoms with Crippen molar-refractivity contribution in [2.24, 2.45) is 7.05 Å². The van der Waals surface area contributed by atoms with Crippen LogP contribution in [-0.2, 0) is 18.4 Å². The second-order valence-electron chi connectivity index (χ2n) is 4.44. The van der Waals surface area contributed by atoms with Crippen LogP contribution in [0.3, 0.4) is 0 Å². The zero-order valence-corrected chi connectivity index (χ0v) is 10.9. The highest BCUT2D eigenvalue weighted by Crippen LogP contribution is 1.94. The number of amides is 1. The van der Waals surface area contributed by atoms with E-state index >= 15 is 0 Å². The summed E-state index contributed by atoms with van der Waals surface area (Å²) in [5.74, 6) is 0.956. The Labute approximate surface area is 103 Å². The van der Waals surface area contributed by atoms with E-state index in [1.165, 1.54) is 0 Å². The highest BCUT2D eigenvalue weighted by molar-refractivity contribution is 5.75. The Hall–Kier alpha value is -1.36. The third kappa shape index (κ3) is 5.49. The number of nitrogens with zero attached hydrogens (tertiary/aromatic N) is 2. The molecule has 5 nitrogen and oxygen atoms in total. The minimum absolute atomic E-state index is 0.0820. The second kappa shape index (κ2) is 7.06. The lowest BCUT2D eigenvalue weighted by Gasteiger charge is -2.08. The van der Waals surface area contributed by atoms with Crippen LogP contribution in [0, 0.1) is 0 Å². The van der Waals surface area contributed by atoms with Crippen LogP contribution < -0.4 is 10.6 Å². The lowest BCUT2D eigenvalue weighted by atomic mass is 10.2. The summed E-state index contributed by atoms with van der Waals surface area (Å²) in [7, 11) is 1.92. The topological polar surface area (TPSA) is 59.0 Å². The van der Waals surface area contributed by atoms with Crippen molar-refractivity contribution in [2.45, 2.75) is 39.3 Å². The highest BCUT2D eigenvalue weighted by Gasteiger charge is 2.03. The monoisotopic (exact) mass is 238 g/mol. The van der Waals surface area contributed by atoms with Gasteiger partial charge in [-0.05, 0) is 13.0 Å².